The van der Waals surface area contributed by atoms with Crippen LogP contribution in [0.4, 0.5) is 13.2 Å². The number of aliphatic carboxylic acids is 1. The molecule has 4 aromatic rings. The SMILES string of the molecule is Cc1nc2cc(F)c(-c3cnc(C4CCC(C(=O)O)C(C)C4)nc3)cn2c1Cc1ccccc1OC(F)F. The Labute approximate surface area is 217 Å². The molecule has 1 N–H and O–H groups in total. The summed E-state index contributed by atoms with van der Waals surface area (Å²) in [6.45, 7) is 0.778. The highest BCUT2D eigenvalue weighted by Gasteiger charge is 2.33. The fourth-order valence-corrected chi connectivity index (χ4v) is 5.38. The van der Waals surface area contributed by atoms with Crippen molar-refractivity contribution >= 4 is 11.6 Å². The van der Waals surface area contributed by atoms with E-state index in [1.54, 1.807) is 48.1 Å². The predicted octanol–water partition coefficient (Wildman–Crippen LogP) is 6.04. The minimum atomic E-state index is -2.95. The van der Waals surface area contributed by atoms with Gasteiger partial charge >= 0.3 is 12.6 Å². The molecule has 3 atom stereocenters. The number of alkyl halides is 2. The molecular formula is C28H27F3N4O3. The predicted molar refractivity (Wildman–Crippen MR) is 134 cm³/mol. The van der Waals surface area contributed by atoms with Gasteiger partial charge in [-0.3, -0.25) is 4.79 Å². The van der Waals surface area contributed by atoms with Crippen molar-refractivity contribution in [3.63, 3.8) is 0 Å². The summed E-state index contributed by atoms with van der Waals surface area (Å²) in [4.78, 5) is 24.9. The first kappa shape index (κ1) is 25.7. The Morgan fingerprint density at radius 3 is 2.63 bits per heavy atom. The summed E-state index contributed by atoms with van der Waals surface area (Å²) in [5.74, 6) is -0.822. The number of ether oxygens (including phenoxy) is 1. The number of hydrogen-bond acceptors (Lipinski definition) is 5. The Balaban J connectivity index is 1.44. The van der Waals surface area contributed by atoms with Gasteiger partial charge in [0.05, 0.1) is 11.6 Å². The number of aryl methyl sites for hydroxylation is 1. The van der Waals surface area contributed by atoms with Crippen molar-refractivity contribution in [2.24, 2.45) is 11.8 Å². The Morgan fingerprint density at radius 1 is 1.21 bits per heavy atom. The van der Waals surface area contributed by atoms with E-state index in [9.17, 15) is 18.7 Å². The van der Waals surface area contributed by atoms with Crippen LogP contribution in [0.1, 0.15) is 54.9 Å². The average Bonchev–Trinajstić information content (AvgIpc) is 3.17. The molecule has 0 saturated heterocycles. The van der Waals surface area contributed by atoms with Crippen molar-refractivity contribution in [1.82, 2.24) is 19.4 Å². The van der Waals surface area contributed by atoms with Crippen LogP contribution in [0.2, 0.25) is 0 Å². The van der Waals surface area contributed by atoms with Gasteiger partial charge in [-0.1, -0.05) is 25.1 Å². The van der Waals surface area contributed by atoms with Crippen LogP contribution in [0.25, 0.3) is 16.8 Å². The molecule has 198 valence electrons. The molecule has 0 spiro atoms. The van der Waals surface area contributed by atoms with Gasteiger partial charge in [-0.2, -0.15) is 8.78 Å². The van der Waals surface area contributed by atoms with Gasteiger partial charge in [-0.05, 0) is 38.2 Å². The maximum absolute atomic E-state index is 15.1. The van der Waals surface area contributed by atoms with Crippen LogP contribution in [-0.4, -0.2) is 37.0 Å². The smallest absolute Gasteiger partial charge is 0.387 e. The number of rotatable bonds is 7. The van der Waals surface area contributed by atoms with Gasteiger partial charge in [0.2, 0.25) is 0 Å². The number of carbonyl (C=O) groups is 1. The van der Waals surface area contributed by atoms with E-state index in [1.807, 2.05) is 6.92 Å². The number of aromatic nitrogens is 4. The van der Waals surface area contributed by atoms with Gasteiger partial charge in [-0.25, -0.2) is 19.3 Å². The van der Waals surface area contributed by atoms with Crippen LogP contribution in [0.5, 0.6) is 5.75 Å². The van der Waals surface area contributed by atoms with Gasteiger partial charge in [0.15, 0.2) is 0 Å². The van der Waals surface area contributed by atoms with E-state index in [0.29, 0.717) is 53.2 Å². The molecule has 7 nitrogen and oxygen atoms in total. The molecule has 0 radical (unpaired) electrons. The zero-order chi connectivity index (χ0) is 27.0. The normalized spacial score (nSPS) is 19.7. The van der Waals surface area contributed by atoms with E-state index in [2.05, 4.69) is 19.7 Å². The first-order chi connectivity index (χ1) is 18.2. The molecule has 1 aliphatic carbocycles. The highest BCUT2D eigenvalue weighted by atomic mass is 19.3. The first-order valence-electron chi connectivity index (χ1n) is 12.5. The average molecular weight is 525 g/mol. The van der Waals surface area contributed by atoms with Gasteiger partial charge < -0.3 is 14.2 Å². The number of carboxylic acids is 1. The molecule has 0 bridgehead atoms. The van der Waals surface area contributed by atoms with Crippen molar-refractivity contribution in [2.45, 2.75) is 52.1 Å². The summed E-state index contributed by atoms with van der Waals surface area (Å²) < 4.78 is 47.3. The van der Waals surface area contributed by atoms with Gasteiger partial charge in [0.1, 0.15) is 23.0 Å². The van der Waals surface area contributed by atoms with Crippen LogP contribution in [-0.2, 0) is 11.2 Å². The monoisotopic (exact) mass is 524 g/mol. The molecule has 1 fully saturated rings. The summed E-state index contributed by atoms with van der Waals surface area (Å²) in [5.41, 5.74) is 3.08. The number of halogens is 3. The lowest BCUT2D eigenvalue weighted by atomic mass is 9.74. The van der Waals surface area contributed by atoms with Crippen molar-refractivity contribution in [3.05, 3.63) is 77.5 Å². The Morgan fingerprint density at radius 2 is 1.95 bits per heavy atom. The summed E-state index contributed by atoms with van der Waals surface area (Å²) in [6, 6.07) is 7.89. The van der Waals surface area contributed by atoms with E-state index >= 15 is 4.39 Å². The molecule has 0 aliphatic heterocycles. The van der Waals surface area contributed by atoms with Gasteiger partial charge in [0, 0.05) is 59.4 Å². The Bertz CT molecular complexity index is 1470. The molecule has 10 heteroatoms. The number of pyridine rings is 1. The number of benzene rings is 1. The highest BCUT2D eigenvalue weighted by Crippen LogP contribution is 2.38. The third-order valence-electron chi connectivity index (χ3n) is 7.39. The van der Waals surface area contributed by atoms with Crippen molar-refractivity contribution in [1.29, 1.82) is 0 Å². The van der Waals surface area contributed by atoms with Crippen LogP contribution >= 0.6 is 0 Å². The topological polar surface area (TPSA) is 89.6 Å². The fraction of sp³-hybridized carbons (Fsp3) is 0.357. The van der Waals surface area contributed by atoms with Gasteiger partial charge in [-0.15, -0.1) is 0 Å². The van der Waals surface area contributed by atoms with Crippen molar-refractivity contribution in [3.8, 4) is 16.9 Å². The van der Waals surface area contributed by atoms with Gasteiger partial charge in [0.25, 0.3) is 0 Å². The lowest BCUT2D eigenvalue weighted by molar-refractivity contribution is -0.144. The fourth-order valence-electron chi connectivity index (χ4n) is 5.38. The Kier molecular flexibility index (Phi) is 7.05. The summed E-state index contributed by atoms with van der Waals surface area (Å²) in [6.07, 6.45) is 6.99. The maximum atomic E-state index is 15.1. The quantitative estimate of drug-likeness (QED) is 0.317. The number of nitrogens with zero attached hydrogens (tertiary/aromatic N) is 4. The summed E-state index contributed by atoms with van der Waals surface area (Å²) in [5, 5.41) is 9.37. The number of hydrogen-bond donors (Lipinski definition) is 1. The third kappa shape index (κ3) is 5.07. The van der Waals surface area contributed by atoms with Crippen LogP contribution in [0.3, 0.4) is 0 Å². The maximum Gasteiger partial charge on any atom is 0.387 e. The molecule has 3 unspecified atom stereocenters. The number of carboxylic acid groups (broad SMARTS) is 1. The Hall–Kier alpha value is -3.95. The molecule has 1 aromatic carbocycles. The number of imidazole rings is 1. The van der Waals surface area contributed by atoms with Crippen molar-refractivity contribution < 1.29 is 27.8 Å². The van der Waals surface area contributed by atoms with Crippen LogP contribution < -0.4 is 4.74 Å². The number of fused-ring (bicyclic) bond motifs is 1. The lowest BCUT2D eigenvalue weighted by Crippen LogP contribution is -2.28. The summed E-state index contributed by atoms with van der Waals surface area (Å²) in [7, 11) is 0. The van der Waals surface area contributed by atoms with Crippen molar-refractivity contribution in [2.75, 3.05) is 0 Å². The second-order valence-corrected chi connectivity index (χ2v) is 9.83. The lowest BCUT2D eigenvalue weighted by Gasteiger charge is -2.30. The van der Waals surface area contributed by atoms with Crippen LogP contribution in [0.15, 0.2) is 48.9 Å². The molecule has 5 rings (SSSR count). The minimum Gasteiger partial charge on any atom is -0.481 e. The molecule has 1 saturated carbocycles. The van der Waals surface area contributed by atoms with E-state index in [4.69, 9.17) is 0 Å². The molecule has 1 aliphatic rings. The number of para-hydroxylation sites is 1. The minimum absolute atomic E-state index is 0.0218. The largest absolute Gasteiger partial charge is 0.481 e. The third-order valence-corrected chi connectivity index (χ3v) is 7.39. The molecule has 38 heavy (non-hydrogen) atoms. The zero-order valence-electron chi connectivity index (χ0n) is 20.9. The molecular weight excluding hydrogens is 497 g/mol. The van der Waals surface area contributed by atoms with E-state index < -0.39 is 18.4 Å². The zero-order valence-corrected chi connectivity index (χ0v) is 20.9. The second kappa shape index (κ2) is 10.4. The molecule has 3 heterocycles. The standard InChI is InChI=1S/C28H27F3N4O3/c1-15-9-18(7-8-20(15)27(36)37)26-32-12-19(13-33-26)21-14-35-23(16(2)34-25(35)11-22(21)29)10-17-5-3-4-6-24(17)38-28(30)31/h3-6,11-15,18,20,28H,7-10H2,1-2H3,(H,36,37). The van der Waals surface area contributed by atoms with Crippen LogP contribution in [0, 0.1) is 24.6 Å². The molecule has 3 aromatic heterocycles. The first-order valence-corrected chi connectivity index (χ1v) is 12.5. The second-order valence-electron chi connectivity index (χ2n) is 9.83. The summed E-state index contributed by atoms with van der Waals surface area (Å²) >= 11 is 0. The van der Waals surface area contributed by atoms with E-state index in [0.717, 1.165) is 0 Å². The highest BCUT2D eigenvalue weighted by molar-refractivity contribution is 5.70. The molecule has 0 amide bonds. The van der Waals surface area contributed by atoms with E-state index in [-0.39, 0.29) is 35.5 Å². The van der Waals surface area contributed by atoms with E-state index in [1.165, 1.54) is 12.1 Å².